The predicted molar refractivity (Wildman–Crippen MR) is 113 cm³/mol. The number of hydrogen-bond acceptors (Lipinski definition) is 4. The lowest BCUT2D eigenvalue weighted by molar-refractivity contribution is 0.601. The van der Waals surface area contributed by atoms with E-state index in [1.165, 1.54) is 5.56 Å². The first-order valence-corrected chi connectivity index (χ1v) is 11.1. The van der Waals surface area contributed by atoms with Gasteiger partial charge in [0, 0.05) is 17.1 Å². The third-order valence-corrected chi connectivity index (χ3v) is 6.85. The molecule has 0 aliphatic heterocycles. The largest absolute Gasteiger partial charge is 0.345 e. The standard InChI is InChI=1S/C22H20N4O2S/c27-29(28,26-19-9-3-6-15-5-1-2-7-16(15)19)21-11-10-17(20-13-23-14-25-20)18-8-4-12-24-22(18)21/h3-4,6,8-14,26H,1-2,5,7H2,(H,23,25). The van der Waals surface area contributed by atoms with Crippen molar-refractivity contribution >= 4 is 26.6 Å². The van der Waals surface area contributed by atoms with Crippen LogP contribution in [0, 0.1) is 0 Å². The predicted octanol–water partition coefficient (Wildman–Crippen LogP) is 4.30. The molecule has 0 saturated carbocycles. The Balaban J connectivity index is 1.62. The van der Waals surface area contributed by atoms with E-state index in [0.717, 1.165) is 47.9 Å². The van der Waals surface area contributed by atoms with E-state index in [0.29, 0.717) is 11.2 Å². The number of aromatic amines is 1. The molecule has 0 amide bonds. The number of sulfonamides is 1. The van der Waals surface area contributed by atoms with Crippen molar-refractivity contribution in [2.24, 2.45) is 0 Å². The molecule has 5 rings (SSSR count). The summed E-state index contributed by atoms with van der Waals surface area (Å²) in [6.07, 6.45) is 9.04. The van der Waals surface area contributed by atoms with Crippen molar-refractivity contribution < 1.29 is 8.42 Å². The van der Waals surface area contributed by atoms with E-state index < -0.39 is 10.0 Å². The second-order valence-electron chi connectivity index (χ2n) is 7.23. The van der Waals surface area contributed by atoms with Crippen molar-refractivity contribution in [3.05, 3.63) is 72.3 Å². The first kappa shape index (κ1) is 17.9. The van der Waals surface area contributed by atoms with Crippen LogP contribution in [0.15, 0.2) is 66.1 Å². The number of fused-ring (bicyclic) bond motifs is 2. The van der Waals surface area contributed by atoms with Gasteiger partial charge in [-0.3, -0.25) is 9.71 Å². The van der Waals surface area contributed by atoms with Gasteiger partial charge in [-0.15, -0.1) is 0 Å². The zero-order chi connectivity index (χ0) is 19.8. The molecule has 29 heavy (non-hydrogen) atoms. The Morgan fingerprint density at radius 3 is 2.76 bits per heavy atom. The highest BCUT2D eigenvalue weighted by atomic mass is 32.2. The van der Waals surface area contributed by atoms with E-state index >= 15 is 0 Å². The summed E-state index contributed by atoms with van der Waals surface area (Å²) < 4.78 is 29.5. The molecule has 146 valence electrons. The molecule has 6 nitrogen and oxygen atoms in total. The molecule has 0 atom stereocenters. The number of aryl methyl sites for hydroxylation is 1. The van der Waals surface area contributed by atoms with Crippen LogP contribution in [0.3, 0.4) is 0 Å². The molecule has 0 radical (unpaired) electrons. The van der Waals surface area contributed by atoms with Crippen LogP contribution in [0.1, 0.15) is 24.0 Å². The Kier molecular flexibility index (Phi) is 4.32. The molecule has 7 heteroatoms. The summed E-state index contributed by atoms with van der Waals surface area (Å²) in [6.45, 7) is 0. The van der Waals surface area contributed by atoms with Crippen LogP contribution in [0.4, 0.5) is 5.69 Å². The zero-order valence-corrected chi connectivity index (χ0v) is 16.5. The molecular weight excluding hydrogens is 384 g/mol. The minimum atomic E-state index is -3.80. The van der Waals surface area contributed by atoms with E-state index in [4.69, 9.17) is 0 Å². The number of imidazole rings is 1. The number of aromatic nitrogens is 3. The van der Waals surface area contributed by atoms with E-state index in [1.807, 2.05) is 18.2 Å². The molecule has 0 saturated heterocycles. The highest BCUT2D eigenvalue weighted by Gasteiger charge is 2.23. The number of benzene rings is 2. The Bertz CT molecular complexity index is 1300. The number of anilines is 1. The average molecular weight is 404 g/mol. The average Bonchev–Trinajstić information content (AvgIpc) is 3.27. The summed E-state index contributed by atoms with van der Waals surface area (Å²) >= 11 is 0. The molecule has 2 aromatic carbocycles. The van der Waals surface area contributed by atoms with Gasteiger partial charge in [0.2, 0.25) is 0 Å². The minimum absolute atomic E-state index is 0.171. The van der Waals surface area contributed by atoms with Crippen LogP contribution in [-0.4, -0.2) is 23.4 Å². The molecule has 1 aliphatic carbocycles. The fraction of sp³-hybridized carbons (Fsp3) is 0.182. The molecule has 2 aromatic heterocycles. The van der Waals surface area contributed by atoms with E-state index in [1.54, 1.807) is 36.9 Å². The Labute approximate surface area is 169 Å². The summed E-state index contributed by atoms with van der Waals surface area (Å²) in [5.74, 6) is 0. The first-order valence-electron chi connectivity index (χ1n) is 9.63. The van der Waals surface area contributed by atoms with Crippen molar-refractivity contribution in [2.45, 2.75) is 30.6 Å². The smallest absolute Gasteiger partial charge is 0.264 e. The summed E-state index contributed by atoms with van der Waals surface area (Å²) in [4.78, 5) is 11.7. The van der Waals surface area contributed by atoms with E-state index in [-0.39, 0.29) is 4.90 Å². The topological polar surface area (TPSA) is 87.7 Å². The fourth-order valence-electron chi connectivity index (χ4n) is 4.08. The van der Waals surface area contributed by atoms with Gasteiger partial charge >= 0.3 is 0 Å². The van der Waals surface area contributed by atoms with Crippen LogP contribution in [0.2, 0.25) is 0 Å². The highest BCUT2D eigenvalue weighted by Crippen LogP contribution is 2.33. The number of rotatable bonds is 4. The van der Waals surface area contributed by atoms with Crippen molar-refractivity contribution in [1.82, 2.24) is 15.0 Å². The number of hydrogen-bond donors (Lipinski definition) is 2. The van der Waals surface area contributed by atoms with Gasteiger partial charge in [-0.2, -0.15) is 0 Å². The van der Waals surface area contributed by atoms with E-state index in [9.17, 15) is 8.42 Å². The van der Waals surface area contributed by atoms with Gasteiger partial charge in [0.1, 0.15) is 4.90 Å². The minimum Gasteiger partial charge on any atom is -0.345 e. The maximum atomic E-state index is 13.3. The molecule has 4 aromatic rings. The lowest BCUT2D eigenvalue weighted by Gasteiger charge is -2.20. The lowest BCUT2D eigenvalue weighted by Crippen LogP contribution is -2.16. The van der Waals surface area contributed by atoms with Crippen LogP contribution in [-0.2, 0) is 22.9 Å². The Morgan fingerprint density at radius 2 is 1.90 bits per heavy atom. The second kappa shape index (κ2) is 7.00. The molecule has 0 bridgehead atoms. The summed E-state index contributed by atoms with van der Waals surface area (Å²) in [6, 6.07) is 12.9. The number of pyridine rings is 1. The highest BCUT2D eigenvalue weighted by molar-refractivity contribution is 7.93. The van der Waals surface area contributed by atoms with Gasteiger partial charge in [-0.1, -0.05) is 24.3 Å². The van der Waals surface area contributed by atoms with Gasteiger partial charge < -0.3 is 4.98 Å². The van der Waals surface area contributed by atoms with Crippen LogP contribution in [0.5, 0.6) is 0 Å². The van der Waals surface area contributed by atoms with Crippen molar-refractivity contribution in [3.63, 3.8) is 0 Å². The van der Waals surface area contributed by atoms with Gasteiger partial charge in [-0.05, 0) is 55.0 Å². The Hall–Kier alpha value is -3.19. The molecular formula is C22H20N4O2S. The van der Waals surface area contributed by atoms with Gasteiger partial charge in [0.05, 0.1) is 29.4 Å². The molecule has 2 heterocycles. The number of H-pyrrole nitrogens is 1. The SMILES string of the molecule is O=S(=O)(Nc1cccc2c1CCCC2)c1ccc(-c2cnc[nH]2)c2cccnc12. The first-order chi connectivity index (χ1) is 14.1. The molecule has 0 fully saturated rings. The fourth-order valence-corrected chi connectivity index (χ4v) is 5.33. The molecule has 0 unspecified atom stereocenters. The monoisotopic (exact) mass is 404 g/mol. The molecule has 1 aliphatic rings. The van der Waals surface area contributed by atoms with Crippen molar-refractivity contribution in [2.75, 3.05) is 4.72 Å². The normalized spacial score (nSPS) is 13.9. The summed E-state index contributed by atoms with van der Waals surface area (Å²) in [5, 5.41) is 0.759. The van der Waals surface area contributed by atoms with Crippen molar-refractivity contribution in [3.8, 4) is 11.3 Å². The van der Waals surface area contributed by atoms with Gasteiger partial charge in [0.25, 0.3) is 10.0 Å². The van der Waals surface area contributed by atoms with Crippen LogP contribution >= 0.6 is 0 Å². The summed E-state index contributed by atoms with van der Waals surface area (Å²) in [5.41, 5.74) is 5.13. The maximum absolute atomic E-state index is 13.3. The second-order valence-corrected chi connectivity index (χ2v) is 8.88. The Morgan fingerprint density at radius 1 is 1.00 bits per heavy atom. The summed E-state index contributed by atoms with van der Waals surface area (Å²) in [7, 11) is -3.80. The number of nitrogens with one attached hydrogen (secondary N) is 2. The third kappa shape index (κ3) is 3.17. The van der Waals surface area contributed by atoms with E-state index in [2.05, 4.69) is 25.7 Å². The molecule has 0 spiro atoms. The third-order valence-electron chi connectivity index (χ3n) is 5.45. The zero-order valence-electron chi connectivity index (χ0n) is 15.7. The number of nitrogens with zero attached hydrogens (tertiary/aromatic N) is 2. The quantitative estimate of drug-likeness (QED) is 0.531. The van der Waals surface area contributed by atoms with Crippen molar-refractivity contribution in [1.29, 1.82) is 0 Å². The van der Waals surface area contributed by atoms with Crippen LogP contribution < -0.4 is 4.72 Å². The molecule has 2 N–H and O–H groups in total. The van der Waals surface area contributed by atoms with Gasteiger partial charge in [0.15, 0.2) is 0 Å². The van der Waals surface area contributed by atoms with Crippen LogP contribution in [0.25, 0.3) is 22.2 Å². The lowest BCUT2D eigenvalue weighted by atomic mass is 9.91. The maximum Gasteiger partial charge on any atom is 0.264 e. The van der Waals surface area contributed by atoms with Gasteiger partial charge in [-0.25, -0.2) is 13.4 Å².